The lowest BCUT2D eigenvalue weighted by atomic mass is 9.82. The third-order valence-corrected chi connectivity index (χ3v) is 6.04. The van der Waals surface area contributed by atoms with Crippen molar-refractivity contribution in [1.29, 1.82) is 0 Å². The summed E-state index contributed by atoms with van der Waals surface area (Å²) in [5.74, 6) is -0.681. The maximum Gasteiger partial charge on any atom is 0.254 e. The van der Waals surface area contributed by atoms with Crippen molar-refractivity contribution in [2.45, 2.75) is 76.5 Å². The van der Waals surface area contributed by atoms with E-state index in [2.05, 4.69) is 23.9 Å². The van der Waals surface area contributed by atoms with E-state index in [1.807, 2.05) is 0 Å². The molecular weight excluding hydrogens is 394 g/mol. The van der Waals surface area contributed by atoms with Gasteiger partial charge in [0.2, 0.25) is 5.91 Å². The van der Waals surface area contributed by atoms with E-state index < -0.39 is 30.2 Å². The summed E-state index contributed by atoms with van der Waals surface area (Å²) in [7, 11) is 3.23. The van der Waals surface area contributed by atoms with Crippen LogP contribution in [0.15, 0.2) is 5.11 Å². The van der Waals surface area contributed by atoms with Gasteiger partial charge in [0.25, 0.3) is 5.91 Å². The van der Waals surface area contributed by atoms with Crippen molar-refractivity contribution in [3.05, 3.63) is 10.4 Å². The molecule has 3 saturated heterocycles. The topological polar surface area (TPSA) is 156 Å². The Kier molecular flexibility index (Phi) is 7.46. The van der Waals surface area contributed by atoms with Crippen molar-refractivity contribution in [2.24, 2.45) is 10.5 Å². The number of Topliss-reactive ketones (excluding diaryl/α,β-unsaturated/α-hetero) is 1. The highest BCUT2D eigenvalue weighted by Crippen LogP contribution is 2.38. The molecule has 3 heterocycles. The first-order valence-corrected chi connectivity index (χ1v) is 10.0. The molecule has 0 radical (unpaired) electrons. The Morgan fingerprint density at radius 2 is 1.90 bits per heavy atom. The number of carbonyl (C=O) groups is 3. The van der Waals surface area contributed by atoms with E-state index in [-0.39, 0.29) is 35.7 Å². The fourth-order valence-electron chi connectivity index (χ4n) is 4.11. The Balaban J connectivity index is 0.000000216. The molecule has 3 fully saturated rings. The molecule has 3 aliphatic heterocycles. The first-order valence-electron chi connectivity index (χ1n) is 10.0. The van der Waals surface area contributed by atoms with E-state index in [0.29, 0.717) is 13.0 Å². The molecule has 2 amide bonds. The maximum absolute atomic E-state index is 11.9. The average molecular weight is 425 g/mol. The number of ketones is 1. The van der Waals surface area contributed by atoms with Gasteiger partial charge in [0.15, 0.2) is 6.10 Å². The third-order valence-electron chi connectivity index (χ3n) is 6.04. The van der Waals surface area contributed by atoms with E-state index in [9.17, 15) is 24.6 Å². The Hall–Kier alpha value is -2.20. The summed E-state index contributed by atoms with van der Waals surface area (Å²) < 4.78 is 5.70. The smallest absolute Gasteiger partial charge is 0.254 e. The third kappa shape index (κ3) is 4.75. The zero-order valence-electron chi connectivity index (χ0n) is 18.1. The van der Waals surface area contributed by atoms with Gasteiger partial charge in [-0.05, 0) is 17.4 Å². The number of carbonyl (C=O) groups excluding carboxylic acids is 3. The van der Waals surface area contributed by atoms with Crippen molar-refractivity contribution < 1.29 is 29.3 Å². The number of nitrogens with zero attached hydrogens (tertiary/aromatic N) is 5. The lowest BCUT2D eigenvalue weighted by Crippen LogP contribution is -2.46. The van der Waals surface area contributed by atoms with Gasteiger partial charge in [-0.2, -0.15) is 0 Å². The maximum atomic E-state index is 11.9. The molecule has 0 aromatic carbocycles. The predicted molar refractivity (Wildman–Crippen MR) is 106 cm³/mol. The van der Waals surface area contributed by atoms with Crippen LogP contribution < -0.4 is 0 Å². The van der Waals surface area contributed by atoms with Gasteiger partial charge in [0, 0.05) is 31.8 Å². The van der Waals surface area contributed by atoms with Crippen LogP contribution in [0.25, 0.3) is 10.4 Å². The zero-order chi connectivity index (χ0) is 22.8. The highest BCUT2D eigenvalue weighted by atomic mass is 16.5. The Bertz CT molecular complexity index is 737. The standard InChI is InChI=1S/C10H16N4O2.C9H15NO4/c1-10(2)4-6-8(16-5-10)7(12-13-11)9(15)14(6)3;1-3-5(11)4-6-7(12)8(13)9(14)10(6)2/h6-8H,4-5H2,1-3H3;6-8,12-13H,3-4H2,1-2H3/t6-,7?,8?;6-,7+,8-/m00/s1. The quantitative estimate of drug-likeness (QED) is 0.373. The Morgan fingerprint density at radius 1 is 1.27 bits per heavy atom. The molecule has 30 heavy (non-hydrogen) atoms. The van der Waals surface area contributed by atoms with Crippen LogP contribution in [0, 0.1) is 5.41 Å². The van der Waals surface area contributed by atoms with Crippen LogP contribution in [0.2, 0.25) is 0 Å². The minimum absolute atomic E-state index is 0.0252. The van der Waals surface area contributed by atoms with Gasteiger partial charge in [0.05, 0.1) is 24.8 Å². The molecule has 2 unspecified atom stereocenters. The number of aliphatic hydroxyl groups excluding tert-OH is 2. The number of fused-ring (bicyclic) bond motifs is 1. The number of amides is 2. The first-order chi connectivity index (χ1) is 13.9. The van der Waals surface area contributed by atoms with Crippen LogP contribution in [0.3, 0.4) is 0 Å². The molecule has 0 bridgehead atoms. The molecule has 0 aliphatic carbocycles. The van der Waals surface area contributed by atoms with E-state index in [1.165, 1.54) is 11.9 Å². The second kappa shape index (κ2) is 9.30. The van der Waals surface area contributed by atoms with Crippen molar-refractivity contribution >= 4 is 17.6 Å². The minimum Gasteiger partial charge on any atom is -0.388 e. The lowest BCUT2D eigenvalue weighted by molar-refractivity contribution is -0.135. The van der Waals surface area contributed by atoms with E-state index in [0.717, 1.165) is 6.42 Å². The minimum atomic E-state index is -1.38. The van der Waals surface area contributed by atoms with Gasteiger partial charge in [0.1, 0.15) is 17.9 Å². The summed E-state index contributed by atoms with van der Waals surface area (Å²) in [6.45, 7) is 6.56. The molecule has 168 valence electrons. The number of ether oxygens (including phenoxy) is 1. The second-order valence-electron chi connectivity index (χ2n) is 8.86. The number of rotatable bonds is 4. The van der Waals surface area contributed by atoms with Gasteiger partial charge in [-0.1, -0.05) is 25.9 Å². The van der Waals surface area contributed by atoms with Crippen LogP contribution in [-0.2, 0) is 19.1 Å². The Morgan fingerprint density at radius 3 is 2.40 bits per heavy atom. The number of hydrogen-bond donors (Lipinski definition) is 2. The number of hydrogen-bond acceptors (Lipinski definition) is 7. The predicted octanol–water partition coefficient (Wildman–Crippen LogP) is 0.239. The summed E-state index contributed by atoms with van der Waals surface area (Å²) in [6, 6.07) is -1.23. The molecular formula is C19H31N5O6. The van der Waals surface area contributed by atoms with E-state index >= 15 is 0 Å². The van der Waals surface area contributed by atoms with Gasteiger partial charge < -0.3 is 24.7 Å². The van der Waals surface area contributed by atoms with E-state index in [1.54, 1.807) is 18.9 Å². The summed E-state index contributed by atoms with van der Waals surface area (Å²) in [6.07, 6.45) is -1.44. The van der Waals surface area contributed by atoms with Crippen LogP contribution >= 0.6 is 0 Å². The fraction of sp³-hybridized carbons (Fsp3) is 0.842. The average Bonchev–Trinajstić information content (AvgIpc) is 3.03. The van der Waals surface area contributed by atoms with Crippen LogP contribution in [0.1, 0.15) is 40.0 Å². The number of likely N-dealkylation sites (tertiary alicyclic amines) is 2. The number of aliphatic hydroxyl groups is 2. The lowest BCUT2D eigenvalue weighted by Gasteiger charge is -2.39. The van der Waals surface area contributed by atoms with Crippen molar-refractivity contribution in [2.75, 3.05) is 20.7 Å². The molecule has 6 atom stereocenters. The largest absolute Gasteiger partial charge is 0.388 e. The fourth-order valence-corrected chi connectivity index (χ4v) is 4.11. The monoisotopic (exact) mass is 425 g/mol. The highest BCUT2D eigenvalue weighted by molar-refractivity contribution is 5.86. The summed E-state index contributed by atoms with van der Waals surface area (Å²) in [5, 5.41) is 22.3. The molecule has 0 saturated carbocycles. The highest BCUT2D eigenvalue weighted by Gasteiger charge is 2.51. The summed E-state index contributed by atoms with van der Waals surface area (Å²) >= 11 is 0. The second-order valence-corrected chi connectivity index (χ2v) is 8.86. The van der Waals surface area contributed by atoms with Crippen molar-refractivity contribution in [1.82, 2.24) is 9.80 Å². The van der Waals surface area contributed by atoms with Gasteiger partial charge in [-0.15, -0.1) is 0 Å². The van der Waals surface area contributed by atoms with Gasteiger partial charge >= 0.3 is 0 Å². The SMILES string of the molecule is CCC(=O)C[C@H]1[C@@H](O)[C@H](O)C(=O)N1C.CN1C(=O)C(N=[N+]=[N-])C2OCC(C)(C)C[C@@H]21. The van der Waals surface area contributed by atoms with Crippen molar-refractivity contribution in [3.63, 3.8) is 0 Å². The first kappa shape index (κ1) is 24.1. The molecule has 11 nitrogen and oxygen atoms in total. The van der Waals surface area contributed by atoms with Gasteiger partial charge in [-0.25, -0.2) is 0 Å². The number of azide groups is 1. The molecule has 3 aliphatic rings. The van der Waals surface area contributed by atoms with E-state index in [4.69, 9.17) is 10.3 Å². The number of likely N-dealkylation sites (N-methyl/N-ethyl adjacent to an activating group) is 2. The van der Waals surface area contributed by atoms with Crippen LogP contribution in [0.5, 0.6) is 0 Å². The summed E-state index contributed by atoms with van der Waals surface area (Å²) in [5.41, 5.74) is 8.53. The molecule has 0 aromatic rings. The normalized spacial score (nSPS) is 34.8. The Labute approximate surface area is 175 Å². The zero-order valence-corrected chi connectivity index (χ0v) is 18.1. The van der Waals surface area contributed by atoms with Crippen molar-refractivity contribution in [3.8, 4) is 0 Å². The van der Waals surface area contributed by atoms with Crippen LogP contribution in [-0.4, -0.2) is 94.8 Å². The molecule has 0 aromatic heterocycles. The molecule has 2 N–H and O–H groups in total. The molecule has 3 rings (SSSR count). The summed E-state index contributed by atoms with van der Waals surface area (Å²) in [4.78, 5) is 39.8. The molecule has 11 heteroatoms. The van der Waals surface area contributed by atoms with Gasteiger partial charge in [-0.3, -0.25) is 14.4 Å². The van der Waals surface area contributed by atoms with Crippen LogP contribution in [0.4, 0.5) is 0 Å². The molecule has 0 spiro atoms.